The van der Waals surface area contributed by atoms with E-state index in [1.807, 2.05) is 30.7 Å². The number of ether oxygens (including phenoxy) is 1. The van der Waals surface area contributed by atoms with Gasteiger partial charge in [0.15, 0.2) is 0 Å². The minimum atomic E-state index is -0.580. The fourth-order valence-corrected chi connectivity index (χ4v) is 2.16. The molecule has 5 heteroatoms. The molecule has 1 rings (SSSR count). The monoisotopic (exact) mass is 257 g/mol. The lowest BCUT2D eigenvalue weighted by atomic mass is 9.93. The van der Waals surface area contributed by atoms with E-state index in [-0.39, 0.29) is 5.97 Å². The molecule has 0 radical (unpaired) electrons. The molecule has 0 aliphatic carbocycles. The summed E-state index contributed by atoms with van der Waals surface area (Å²) in [6.45, 7) is 4.52. The van der Waals surface area contributed by atoms with Crippen molar-refractivity contribution >= 4 is 17.3 Å². The van der Waals surface area contributed by atoms with Crippen LogP contribution < -0.4 is 5.32 Å². The van der Waals surface area contributed by atoms with Crippen LogP contribution in [-0.4, -0.2) is 31.3 Å². The standard InChI is InChI=1S/C12H19NO3S/c1-12(2,11(15)16-3)8-13-6-10(14)9-4-5-17-7-9/h4-5,7,10,13-14H,6,8H2,1-3H3. The highest BCUT2D eigenvalue weighted by atomic mass is 32.1. The van der Waals surface area contributed by atoms with Gasteiger partial charge in [0.25, 0.3) is 0 Å². The Kier molecular flexibility index (Phi) is 5.11. The molecule has 1 aromatic rings. The summed E-state index contributed by atoms with van der Waals surface area (Å²) in [4.78, 5) is 11.4. The smallest absolute Gasteiger partial charge is 0.312 e. The van der Waals surface area contributed by atoms with Crippen LogP contribution in [0.25, 0.3) is 0 Å². The van der Waals surface area contributed by atoms with Crippen molar-refractivity contribution in [2.75, 3.05) is 20.2 Å². The molecule has 4 nitrogen and oxygen atoms in total. The normalized spacial score (nSPS) is 13.4. The van der Waals surface area contributed by atoms with Crippen LogP contribution in [0.2, 0.25) is 0 Å². The van der Waals surface area contributed by atoms with Gasteiger partial charge in [0.2, 0.25) is 0 Å². The molecular weight excluding hydrogens is 238 g/mol. The van der Waals surface area contributed by atoms with Crippen LogP contribution in [0.5, 0.6) is 0 Å². The highest BCUT2D eigenvalue weighted by Crippen LogP contribution is 2.17. The lowest BCUT2D eigenvalue weighted by molar-refractivity contribution is -0.150. The predicted octanol–water partition coefficient (Wildman–Crippen LogP) is 1.57. The van der Waals surface area contributed by atoms with Crippen LogP contribution in [0.1, 0.15) is 25.5 Å². The highest BCUT2D eigenvalue weighted by molar-refractivity contribution is 7.07. The maximum absolute atomic E-state index is 11.4. The molecule has 0 amide bonds. The Morgan fingerprint density at radius 1 is 1.65 bits per heavy atom. The number of methoxy groups -OCH3 is 1. The Morgan fingerprint density at radius 2 is 2.35 bits per heavy atom. The van der Waals surface area contributed by atoms with E-state index in [9.17, 15) is 9.90 Å². The molecule has 0 aromatic carbocycles. The molecule has 0 bridgehead atoms. The Balaban J connectivity index is 2.35. The van der Waals surface area contributed by atoms with Crippen molar-refractivity contribution in [2.45, 2.75) is 20.0 Å². The fourth-order valence-electron chi connectivity index (χ4n) is 1.45. The SMILES string of the molecule is COC(=O)C(C)(C)CNCC(O)c1ccsc1. The number of carbonyl (C=O) groups is 1. The first-order valence-electron chi connectivity index (χ1n) is 5.46. The number of esters is 1. The minimum absolute atomic E-state index is 0.255. The Hall–Kier alpha value is -0.910. The van der Waals surface area contributed by atoms with Crippen molar-refractivity contribution in [1.29, 1.82) is 0 Å². The second-order valence-corrected chi connectivity index (χ2v) is 5.36. The fraction of sp³-hybridized carbons (Fsp3) is 0.583. The van der Waals surface area contributed by atoms with Crippen molar-refractivity contribution in [3.8, 4) is 0 Å². The zero-order valence-corrected chi connectivity index (χ0v) is 11.2. The second kappa shape index (κ2) is 6.14. The first kappa shape index (κ1) is 14.2. The van der Waals surface area contributed by atoms with E-state index >= 15 is 0 Å². The Labute approximate surface area is 106 Å². The first-order chi connectivity index (χ1) is 7.97. The van der Waals surface area contributed by atoms with Gasteiger partial charge >= 0.3 is 5.97 Å². The molecular formula is C12H19NO3S. The summed E-state index contributed by atoms with van der Waals surface area (Å²) in [6, 6.07) is 1.89. The van der Waals surface area contributed by atoms with Gasteiger partial charge in [-0.1, -0.05) is 0 Å². The zero-order chi connectivity index (χ0) is 12.9. The number of rotatable bonds is 6. The summed E-state index contributed by atoms with van der Waals surface area (Å²) in [5.41, 5.74) is 0.321. The number of carbonyl (C=O) groups excluding carboxylic acids is 1. The molecule has 1 atom stereocenters. The summed E-state index contributed by atoms with van der Waals surface area (Å²) in [7, 11) is 1.38. The van der Waals surface area contributed by atoms with Crippen molar-refractivity contribution < 1.29 is 14.6 Å². The lowest BCUT2D eigenvalue weighted by Gasteiger charge is -2.22. The molecule has 96 valence electrons. The van der Waals surface area contributed by atoms with Gasteiger partial charge in [-0.25, -0.2) is 0 Å². The lowest BCUT2D eigenvalue weighted by Crippen LogP contribution is -2.38. The van der Waals surface area contributed by atoms with E-state index in [0.717, 1.165) is 5.56 Å². The topological polar surface area (TPSA) is 58.6 Å². The van der Waals surface area contributed by atoms with Gasteiger partial charge in [-0.15, -0.1) is 0 Å². The number of nitrogens with one attached hydrogen (secondary N) is 1. The molecule has 2 N–H and O–H groups in total. The third-order valence-corrected chi connectivity index (χ3v) is 3.27. The van der Waals surface area contributed by atoms with Crippen molar-refractivity contribution in [3.63, 3.8) is 0 Å². The maximum atomic E-state index is 11.4. The van der Waals surface area contributed by atoms with E-state index in [1.54, 1.807) is 11.3 Å². The second-order valence-electron chi connectivity index (χ2n) is 4.58. The van der Waals surface area contributed by atoms with Crippen LogP contribution in [0, 0.1) is 5.41 Å². The Bertz CT molecular complexity index is 349. The number of hydrogen-bond acceptors (Lipinski definition) is 5. The third kappa shape index (κ3) is 4.11. The van der Waals surface area contributed by atoms with Gasteiger partial charge in [0.1, 0.15) is 0 Å². The van der Waals surface area contributed by atoms with Crippen molar-refractivity contribution in [2.24, 2.45) is 5.41 Å². The van der Waals surface area contributed by atoms with Gasteiger partial charge < -0.3 is 15.2 Å². The summed E-state index contributed by atoms with van der Waals surface area (Å²) < 4.78 is 4.71. The minimum Gasteiger partial charge on any atom is -0.469 e. The van der Waals surface area contributed by atoms with Crippen molar-refractivity contribution in [3.05, 3.63) is 22.4 Å². The zero-order valence-electron chi connectivity index (χ0n) is 10.4. The summed E-state index contributed by atoms with van der Waals surface area (Å²) in [5, 5.41) is 16.8. The van der Waals surface area contributed by atoms with E-state index in [0.29, 0.717) is 13.1 Å². The van der Waals surface area contributed by atoms with Crippen LogP contribution in [-0.2, 0) is 9.53 Å². The molecule has 0 saturated carbocycles. The Morgan fingerprint density at radius 3 is 2.88 bits per heavy atom. The van der Waals surface area contributed by atoms with Gasteiger partial charge in [0, 0.05) is 13.1 Å². The summed E-state index contributed by atoms with van der Waals surface area (Å²) in [5.74, 6) is -0.255. The molecule has 1 aromatic heterocycles. The number of hydrogen-bond donors (Lipinski definition) is 2. The largest absolute Gasteiger partial charge is 0.469 e. The van der Waals surface area contributed by atoms with Gasteiger partial charge in [-0.2, -0.15) is 11.3 Å². The molecule has 0 spiro atoms. The third-order valence-electron chi connectivity index (χ3n) is 2.57. The maximum Gasteiger partial charge on any atom is 0.312 e. The molecule has 17 heavy (non-hydrogen) atoms. The van der Waals surface area contributed by atoms with Gasteiger partial charge in [0.05, 0.1) is 18.6 Å². The summed E-state index contributed by atoms with van der Waals surface area (Å²) >= 11 is 1.55. The average Bonchev–Trinajstić information content (AvgIpc) is 2.80. The highest BCUT2D eigenvalue weighted by Gasteiger charge is 2.28. The number of thiophene rings is 1. The molecule has 1 unspecified atom stereocenters. The molecule has 1 heterocycles. The number of aliphatic hydroxyl groups is 1. The van der Waals surface area contributed by atoms with Crippen LogP contribution in [0.15, 0.2) is 16.8 Å². The van der Waals surface area contributed by atoms with Gasteiger partial charge in [-0.05, 0) is 36.2 Å². The molecule has 0 aliphatic heterocycles. The predicted molar refractivity (Wildman–Crippen MR) is 67.9 cm³/mol. The van der Waals surface area contributed by atoms with Gasteiger partial charge in [-0.3, -0.25) is 4.79 Å². The van der Waals surface area contributed by atoms with E-state index in [1.165, 1.54) is 7.11 Å². The van der Waals surface area contributed by atoms with E-state index in [2.05, 4.69) is 5.32 Å². The molecule has 0 saturated heterocycles. The molecule has 0 aliphatic rings. The number of aliphatic hydroxyl groups excluding tert-OH is 1. The van der Waals surface area contributed by atoms with E-state index < -0.39 is 11.5 Å². The molecule has 0 fully saturated rings. The quantitative estimate of drug-likeness (QED) is 0.760. The summed E-state index contributed by atoms with van der Waals surface area (Å²) in [6.07, 6.45) is -0.533. The van der Waals surface area contributed by atoms with E-state index in [4.69, 9.17) is 4.74 Å². The average molecular weight is 257 g/mol. The van der Waals surface area contributed by atoms with Crippen LogP contribution >= 0.6 is 11.3 Å². The van der Waals surface area contributed by atoms with Crippen LogP contribution in [0.4, 0.5) is 0 Å². The van der Waals surface area contributed by atoms with Crippen molar-refractivity contribution in [1.82, 2.24) is 5.32 Å². The van der Waals surface area contributed by atoms with Crippen LogP contribution in [0.3, 0.4) is 0 Å². The first-order valence-corrected chi connectivity index (χ1v) is 6.41.